The van der Waals surface area contributed by atoms with Gasteiger partial charge in [-0.05, 0) is 31.4 Å². The van der Waals surface area contributed by atoms with Gasteiger partial charge in [0.2, 0.25) is 5.91 Å². The van der Waals surface area contributed by atoms with E-state index in [2.05, 4.69) is 0 Å². The number of hydrogen-bond donors (Lipinski definition) is 0. The number of benzene rings is 1. The highest BCUT2D eigenvalue weighted by molar-refractivity contribution is 5.98. The second kappa shape index (κ2) is 7.03. The van der Waals surface area contributed by atoms with Gasteiger partial charge in [0.15, 0.2) is 11.5 Å². The van der Waals surface area contributed by atoms with Crippen LogP contribution in [0.15, 0.2) is 18.2 Å². The van der Waals surface area contributed by atoms with E-state index in [0.717, 1.165) is 6.42 Å². The van der Waals surface area contributed by atoms with Crippen molar-refractivity contribution in [2.24, 2.45) is 5.41 Å². The summed E-state index contributed by atoms with van der Waals surface area (Å²) in [6, 6.07) is 5.41. The lowest BCUT2D eigenvalue weighted by atomic mass is 9.71. The van der Waals surface area contributed by atoms with Crippen LogP contribution in [0.3, 0.4) is 0 Å². The van der Waals surface area contributed by atoms with E-state index in [9.17, 15) is 9.59 Å². The van der Waals surface area contributed by atoms with E-state index in [1.54, 1.807) is 18.1 Å². The van der Waals surface area contributed by atoms with Gasteiger partial charge < -0.3 is 24.0 Å². The van der Waals surface area contributed by atoms with Gasteiger partial charge in [-0.25, -0.2) is 0 Å². The van der Waals surface area contributed by atoms with Gasteiger partial charge in [-0.2, -0.15) is 0 Å². The van der Waals surface area contributed by atoms with Crippen LogP contribution in [0.25, 0.3) is 0 Å². The average Bonchev–Trinajstić information content (AvgIpc) is 2.71. The van der Waals surface area contributed by atoms with Crippen LogP contribution in [-0.2, 0) is 9.53 Å². The first-order valence-corrected chi connectivity index (χ1v) is 9.50. The Bertz CT molecular complexity index is 742. The molecule has 0 aromatic heterocycles. The first-order chi connectivity index (χ1) is 13.0. The molecule has 0 N–H and O–H groups in total. The number of carbonyl (C=O) groups is 2. The molecule has 0 bridgehead atoms. The summed E-state index contributed by atoms with van der Waals surface area (Å²) in [4.78, 5) is 29.5. The number of hydrogen-bond acceptors (Lipinski definition) is 5. The van der Waals surface area contributed by atoms with Gasteiger partial charge in [-0.1, -0.05) is 6.07 Å². The average molecular weight is 374 g/mol. The van der Waals surface area contributed by atoms with Crippen LogP contribution in [0.4, 0.5) is 0 Å². The Morgan fingerprint density at radius 2 is 1.96 bits per heavy atom. The maximum absolute atomic E-state index is 13.1. The molecule has 146 valence electrons. The number of likely N-dealkylation sites (N-methyl/N-ethyl adjacent to an activating group) is 1. The van der Waals surface area contributed by atoms with E-state index < -0.39 is 5.41 Å². The predicted molar refractivity (Wildman–Crippen MR) is 98.1 cm³/mol. The summed E-state index contributed by atoms with van der Waals surface area (Å²) in [5, 5.41) is 0. The van der Waals surface area contributed by atoms with Gasteiger partial charge in [0.05, 0.1) is 17.1 Å². The van der Waals surface area contributed by atoms with E-state index >= 15 is 0 Å². The molecule has 0 radical (unpaired) electrons. The maximum Gasteiger partial charge on any atom is 0.257 e. The molecular formula is C20H26N2O5. The number of fused-ring (bicyclic) bond motifs is 1. The Balaban J connectivity index is 1.50. The van der Waals surface area contributed by atoms with E-state index in [4.69, 9.17) is 14.2 Å². The molecule has 2 fully saturated rings. The van der Waals surface area contributed by atoms with Crippen LogP contribution in [0, 0.1) is 5.41 Å². The molecule has 3 heterocycles. The Hall–Kier alpha value is -2.28. The van der Waals surface area contributed by atoms with Crippen LogP contribution < -0.4 is 9.47 Å². The van der Waals surface area contributed by atoms with Crippen LogP contribution in [0.1, 0.15) is 29.6 Å². The fraction of sp³-hybridized carbons (Fsp3) is 0.600. The number of rotatable bonds is 2. The topological polar surface area (TPSA) is 68.3 Å². The number of likely N-dealkylation sites (tertiary alicyclic amines) is 2. The molecule has 3 aliphatic rings. The molecule has 7 nitrogen and oxygen atoms in total. The van der Waals surface area contributed by atoms with Crippen molar-refractivity contribution < 1.29 is 23.8 Å². The van der Waals surface area contributed by atoms with Gasteiger partial charge in [-0.15, -0.1) is 0 Å². The predicted octanol–water partition coefficient (Wildman–Crippen LogP) is 1.56. The number of nitrogens with zero attached hydrogens (tertiary/aromatic N) is 2. The second-order valence-corrected chi connectivity index (χ2v) is 7.65. The number of amides is 2. The molecule has 2 amide bonds. The molecule has 27 heavy (non-hydrogen) atoms. The van der Waals surface area contributed by atoms with Crippen molar-refractivity contribution in [2.75, 3.05) is 47.0 Å². The molecule has 1 atom stereocenters. The quantitative estimate of drug-likeness (QED) is 0.786. The number of methoxy groups -OCH3 is 1. The lowest BCUT2D eigenvalue weighted by Crippen LogP contribution is -2.57. The first kappa shape index (κ1) is 18.1. The normalized spacial score (nSPS) is 24.2. The summed E-state index contributed by atoms with van der Waals surface area (Å²) in [6.07, 6.45) is 2.11. The van der Waals surface area contributed by atoms with Crippen LogP contribution in [-0.4, -0.2) is 74.7 Å². The fourth-order valence-electron chi connectivity index (χ4n) is 4.51. The molecule has 2 saturated heterocycles. The van der Waals surface area contributed by atoms with Crippen LogP contribution >= 0.6 is 0 Å². The fourth-order valence-corrected chi connectivity index (χ4v) is 4.51. The number of para-hydroxylation sites is 1. The van der Waals surface area contributed by atoms with Crippen molar-refractivity contribution in [3.05, 3.63) is 23.8 Å². The molecule has 4 rings (SSSR count). The molecule has 7 heteroatoms. The first-order valence-electron chi connectivity index (χ1n) is 9.50. The van der Waals surface area contributed by atoms with E-state index in [0.29, 0.717) is 62.8 Å². The molecule has 0 saturated carbocycles. The highest BCUT2D eigenvalue weighted by atomic mass is 16.6. The summed E-state index contributed by atoms with van der Waals surface area (Å²) >= 11 is 0. The van der Waals surface area contributed by atoms with Crippen LogP contribution in [0.5, 0.6) is 11.5 Å². The third kappa shape index (κ3) is 3.14. The zero-order valence-electron chi connectivity index (χ0n) is 15.9. The number of ether oxygens (including phenoxy) is 3. The number of piperidine rings is 2. The third-order valence-corrected chi connectivity index (χ3v) is 6.03. The Morgan fingerprint density at radius 1 is 1.22 bits per heavy atom. The molecule has 1 aromatic rings. The Morgan fingerprint density at radius 3 is 2.70 bits per heavy atom. The smallest absolute Gasteiger partial charge is 0.257 e. The minimum atomic E-state index is -0.416. The van der Waals surface area contributed by atoms with Crippen molar-refractivity contribution >= 4 is 11.8 Å². The van der Waals surface area contributed by atoms with Gasteiger partial charge in [-0.3, -0.25) is 9.59 Å². The third-order valence-electron chi connectivity index (χ3n) is 6.03. The second-order valence-electron chi connectivity index (χ2n) is 7.65. The summed E-state index contributed by atoms with van der Waals surface area (Å²) < 4.78 is 16.8. The minimum absolute atomic E-state index is 0.0571. The molecular weight excluding hydrogens is 348 g/mol. The lowest BCUT2D eigenvalue weighted by molar-refractivity contribution is -0.155. The molecule has 1 aromatic carbocycles. The largest absolute Gasteiger partial charge is 0.486 e. The van der Waals surface area contributed by atoms with Crippen molar-refractivity contribution in [1.29, 1.82) is 0 Å². The Labute approximate surface area is 159 Å². The molecule has 0 aliphatic carbocycles. The van der Waals surface area contributed by atoms with Crippen LogP contribution in [0.2, 0.25) is 0 Å². The standard InChI is InChI=1S/C20H26N2O5/c1-21-13-14(25-2)12-20(19(21)24)6-8-22(9-7-20)18(23)15-4-3-5-16-17(15)27-11-10-26-16/h3-5,14H,6-13H2,1-2H3. The van der Waals surface area contributed by atoms with Crippen molar-refractivity contribution in [3.63, 3.8) is 0 Å². The highest BCUT2D eigenvalue weighted by Crippen LogP contribution is 2.42. The van der Waals surface area contributed by atoms with Gasteiger partial charge in [0.1, 0.15) is 13.2 Å². The molecule has 1 spiro atoms. The zero-order chi connectivity index (χ0) is 19.0. The van der Waals surface area contributed by atoms with Crippen molar-refractivity contribution in [3.8, 4) is 11.5 Å². The van der Waals surface area contributed by atoms with E-state index in [1.807, 2.05) is 24.1 Å². The molecule has 3 aliphatic heterocycles. The summed E-state index contributed by atoms with van der Waals surface area (Å²) in [6.45, 7) is 2.68. The summed E-state index contributed by atoms with van der Waals surface area (Å²) in [5.41, 5.74) is 0.116. The Kier molecular flexibility index (Phi) is 4.72. The number of carbonyl (C=O) groups excluding carboxylic acids is 2. The van der Waals surface area contributed by atoms with E-state index in [1.165, 1.54) is 0 Å². The summed E-state index contributed by atoms with van der Waals surface area (Å²) in [5.74, 6) is 1.26. The highest BCUT2D eigenvalue weighted by Gasteiger charge is 2.48. The van der Waals surface area contributed by atoms with E-state index in [-0.39, 0.29) is 17.9 Å². The van der Waals surface area contributed by atoms with Gasteiger partial charge in [0, 0.05) is 33.8 Å². The lowest BCUT2D eigenvalue weighted by Gasteiger charge is -2.47. The van der Waals surface area contributed by atoms with Gasteiger partial charge in [0.25, 0.3) is 5.91 Å². The van der Waals surface area contributed by atoms with Gasteiger partial charge >= 0.3 is 0 Å². The SMILES string of the molecule is COC1CN(C)C(=O)C2(CCN(C(=O)c3cccc4c3OCCO4)CC2)C1. The molecule has 1 unspecified atom stereocenters. The minimum Gasteiger partial charge on any atom is -0.486 e. The van der Waals surface area contributed by atoms with Crippen molar-refractivity contribution in [2.45, 2.75) is 25.4 Å². The maximum atomic E-state index is 13.1. The van der Waals surface area contributed by atoms with Crippen molar-refractivity contribution in [1.82, 2.24) is 9.80 Å². The zero-order valence-corrected chi connectivity index (χ0v) is 15.9. The summed E-state index contributed by atoms with van der Waals surface area (Å²) in [7, 11) is 3.53. The monoisotopic (exact) mass is 374 g/mol.